The van der Waals surface area contributed by atoms with Crippen LogP contribution in [0.25, 0.3) is 27.1 Å². The van der Waals surface area contributed by atoms with Gasteiger partial charge in [0, 0.05) is 6.20 Å². The number of fused-ring (bicyclic) bond motifs is 2. The molecule has 0 unspecified atom stereocenters. The number of aryl methyl sites for hydroxylation is 2. The molecule has 4 aliphatic rings. The van der Waals surface area contributed by atoms with Crippen molar-refractivity contribution in [3.8, 4) is 22.3 Å². The van der Waals surface area contributed by atoms with E-state index in [1.165, 1.54) is 27.6 Å². The summed E-state index contributed by atoms with van der Waals surface area (Å²) < 4.78 is 55.0. The van der Waals surface area contributed by atoms with Gasteiger partial charge < -0.3 is 10.6 Å². The second-order valence-corrected chi connectivity index (χ2v) is 19.6. The topological polar surface area (TPSA) is 261 Å². The minimum Gasteiger partial charge on any atom is -0.364 e. The van der Waals surface area contributed by atoms with Gasteiger partial charge in [-0.2, -0.15) is 36.6 Å². The lowest BCUT2D eigenvalue weighted by molar-refractivity contribution is -0.119. The van der Waals surface area contributed by atoms with Crippen LogP contribution >= 0.6 is 0 Å². The maximum Gasteiger partial charge on any atom is 0.285 e. The van der Waals surface area contributed by atoms with Gasteiger partial charge in [-0.05, 0) is 144 Å². The third-order valence-electron chi connectivity index (χ3n) is 11.7. The summed E-state index contributed by atoms with van der Waals surface area (Å²) in [5, 5.41) is 15.5. The molecule has 332 valence electrons. The van der Waals surface area contributed by atoms with Crippen molar-refractivity contribution in [1.29, 1.82) is 0 Å². The van der Waals surface area contributed by atoms with Crippen molar-refractivity contribution in [3.05, 3.63) is 124 Å². The Kier molecular flexibility index (Phi) is 11.5. The number of aromatic nitrogens is 8. The predicted octanol–water partition coefficient (Wildman–Crippen LogP) is 4.07. The van der Waals surface area contributed by atoms with E-state index in [1.807, 2.05) is 24.3 Å². The molecule has 2 aromatic carbocycles. The van der Waals surface area contributed by atoms with E-state index in [0.29, 0.717) is 5.56 Å². The number of amides is 3. The molecule has 0 bridgehead atoms. The van der Waals surface area contributed by atoms with Gasteiger partial charge in [-0.15, -0.1) is 15.2 Å². The second kappa shape index (κ2) is 17.4. The average Bonchev–Trinajstić information content (AvgIpc) is 4.00. The molecule has 0 saturated heterocycles. The highest BCUT2D eigenvalue weighted by molar-refractivity contribution is 7.90. The van der Waals surface area contributed by atoms with Gasteiger partial charge in [-0.3, -0.25) is 19.4 Å². The monoisotopic (exact) mass is 914 g/mol. The Labute approximate surface area is 373 Å². The number of nitrogens with two attached hydrogens (primary N) is 1. The molecule has 10 rings (SSSR count). The van der Waals surface area contributed by atoms with Crippen LogP contribution in [0.3, 0.4) is 0 Å². The second-order valence-electron chi connectivity index (χ2n) is 16.4. The van der Waals surface area contributed by atoms with Crippen LogP contribution in [0, 0.1) is 6.57 Å². The number of nitrogens with zero attached hydrogens (tertiary/aromatic N) is 9. The zero-order valence-electron chi connectivity index (χ0n) is 34.8. The van der Waals surface area contributed by atoms with E-state index in [2.05, 4.69) is 44.7 Å². The van der Waals surface area contributed by atoms with Crippen molar-refractivity contribution in [2.24, 2.45) is 5.73 Å². The normalized spacial score (nSPS) is 15.2. The molecule has 0 aliphatic heterocycles. The van der Waals surface area contributed by atoms with Crippen LogP contribution in [0.15, 0.2) is 83.4 Å². The fourth-order valence-electron chi connectivity index (χ4n) is 8.34. The molecule has 0 spiro atoms. The molecule has 3 amide bonds. The Morgan fingerprint density at radius 1 is 0.677 bits per heavy atom. The lowest BCUT2D eigenvalue weighted by Gasteiger charge is -2.15. The number of benzene rings is 2. The molecule has 4 N–H and O–H groups in total. The maximum absolute atomic E-state index is 12.9. The summed E-state index contributed by atoms with van der Waals surface area (Å²) in [7, 11) is -8.25. The van der Waals surface area contributed by atoms with E-state index in [-0.39, 0.29) is 46.5 Å². The highest BCUT2D eigenvalue weighted by Gasteiger charge is 2.31. The number of pyridine rings is 2. The molecule has 0 radical (unpaired) electrons. The SMILES string of the molecule is NC(=O)c1cc(-c2ccc3c(c2CC(=O)NS(=O)(=O)c2cnn(C4CC4)n2)CCC3)ccn1.[C-]#[N+]c1cc(-c2ccc3c(c2CC(=O)NS(=O)(=O)c2cnn(C4CC4)n2)CCC3)ccn1. The fourth-order valence-corrected chi connectivity index (χ4v) is 10.0. The van der Waals surface area contributed by atoms with Crippen molar-refractivity contribution in [2.45, 2.75) is 99.2 Å². The first-order chi connectivity index (χ1) is 31.3. The zero-order chi connectivity index (χ0) is 45.5. The van der Waals surface area contributed by atoms with Crippen LogP contribution in [0.5, 0.6) is 0 Å². The van der Waals surface area contributed by atoms with Gasteiger partial charge in [0.1, 0.15) is 11.9 Å². The van der Waals surface area contributed by atoms with Crippen LogP contribution in [0.1, 0.15) is 94.5 Å². The van der Waals surface area contributed by atoms with Gasteiger partial charge in [0.15, 0.2) is 0 Å². The molecule has 6 aromatic rings. The Morgan fingerprint density at radius 2 is 1.15 bits per heavy atom. The van der Waals surface area contributed by atoms with Crippen LogP contribution in [0.4, 0.5) is 5.82 Å². The van der Waals surface area contributed by atoms with Crippen LogP contribution in [-0.2, 0) is 68.2 Å². The van der Waals surface area contributed by atoms with Crippen molar-refractivity contribution < 1.29 is 31.2 Å². The number of sulfonamides is 2. The van der Waals surface area contributed by atoms with E-state index >= 15 is 0 Å². The van der Waals surface area contributed by atoms with Gasteiger partial charge in [-0.25, -0.2) is 9.44 Å². The molecule has 4 aromatic heterocycles. The Balaban J connectivity index is 0.000000164. The van der Waals surface area contributed by atoms with Gasteiger partial charge in [-0.1, -0.05) is 30.8 Å². The fraction of sp³-hybridized carbons (Fsp3) is 0.318. The first-order valence-corrected chi connectivity index (χ1v) is 24.1. The molecule has 4 aliphatic carbocycles. The highest BCUT2D eigenvalue weighted by Crippen LogP contribution is 2.37. The molecular weight excluding hydrogens is 873 g/mol. The minimum atomic E-state index is -4.14. The lowest BCUT2D eigenvalue weighted by atomic mass is 9.91. The van der Waals surface area contributed by atoms with Gasteiger partial charge >= 0.3 is 0 Å². The zero-order valence-corrected chi connectivity index (χ0v) is 36.5. The molecule has 65 heavy (non-hydrogen) atoms. The number of hydrogen-bond acceptors (Lipinski definition) is 13. The largest absolute Gasteiger partial charge is 0.364 e. The van der Waals surface area contributed by atoms with E-state index in [4.69, 9.17) is 12.3 Å². The summed E-state index contributed by atoms with van der Waals surface area (Å²) in [4.78, 5) is 51.5. The van der Waals surface area contributed by atoms with Crippen molar-refractivity contribution in [2.75, 3.05) is 0 Å². The Hall–Kier alpha value is -7.18. The Morgan fingerprint density at radius 3 is 1.62 bits per heavy atom. The summed E-state index contributed by atoms with van der Waals surface area (Å²) in [6.07, 6.45) is 14.2. The average molecular weight is 915 g/mol. The molecular formula is C44H42N12O7S2. The number of carbonyl (C=O) groups is 3. The van der Waals surface area contributed by atoms with Crippen molar-refractivity contribution in [1.82, 2.24) is 49.4 Å². The smallest absolute Gasteiger partial charge is 0.285 e. The summed E-state index contributed by atoms with van der Waals surface area (Å²) in [6, 6.07) is 14.9. The number of primary amides is 1. The molecule has 21 heteroatoms. The molecule has 19 nitrogen and oxygen atoms in total. The molecule has 0 atom stereocenters. The van der Waals surface area contributed by atoms with E-state index in [0.717, 1.165) is 115 Å². The van der Waals surface area contributed by atoms with E-state index in [1.54, 1.807) is 30.5 Å². The summed E-state index contributed by atoms with van der Waals surface area (Å²) in [5.74, 6) is -1.68. The maximum atomic E-state index is 12.9. The third-order valence-corrected chi connectivity index (χ3v) is 14.2. The van der Waals surface area contributed by atoms with Crippen molar-refractivity contribution in [3.63, 3.8) is 0 Å². The number of hydrogen-bond donors (Lipinski definition) is 3. The van der Waals surface area contributed by atoms with Gasteiger partial charge in [0.2, 0.25) is 21.9 Å². The van der Waals surface area contributed by atoms with Crippen LogP contribution in [-0.4, -0.2) is 74.5 Å². The predicted molar refractivity (Wildman–Crippen MR) is 233 cm³/mol. The summed E-state index contributed by atoms with van der Waals surface area (Å²) in [6.45, 7) is 7.22. The third kappa shape index (κ3) is 9.39. The quantitative estimate of drug-likeness (QED) is 0.138. The molecule has 4 heterocycles. The first-order valence-electron chi connectivity index (χ1n) is 21.1. The number of nitrogens with one attached hydrogen (secondary N) is 2. The molecule has 2 fully saturated rings. The number of rotatable bonds is 13. The van der Waals surface area contributed by atoms with E-state index in [9.17, 15) is 31.2 Å². The summed E-state index contributed by atoms with van der Waals surface area (Å²) >= 11 is 0. The minimum absolute atomic E-state index is 0.0931. The van der Waals surface area contributed by atoms with Crippen LogP contribution in [0.2, 0.25) is 0 Å². The van der Waals surface area contributed by atoms with Gasteiger partial charge in [0.05, 0.1) is 37.3 Å². The first kappa shape index (κ1) is 43.1. The van der Waals surface area contributed by atoms with Crippen LogP contribution < -0.4 is 15.2 Å². The summed E-state index contributed by atoms with van der Waals surface area (Å²) in [5.41, 5.74) is 14.5. The number of carbonyl (C=O) groups excluding carboxylic acids is 3. The van der Waals surface area contributed by atoms with Crippen molar-refractivity contribution >= 4 is 43.6 Å². The lowest BCUT2D eigenvalue weighted by Crippen LogP contribution is -2.32. The Bertz CT molecular complexity index is 3170. The molecule has 2 saturated carbocycles. The van der Waals surface area contributed by atoms with E-state index < -0.39 is 37.8 Å². The standard InChI is InChI=1S/C22H22N6O4S.C22H20N6O3S/c23-22(30)19-10-14(8-9-24-19)17-7-4-13-2-1-3-16(13)18(17)11-20(29)27-33(31,32)21-12-25-28(26-21)15-5-6-15;1-23-20-11-15(9-10-24-20)18-8-5-14-3-2-4-17(14)19(18)12-21(29)27-32(30,31)22-13-25-28(26-22)16-6-7-16/h4,7-10,12,15H,1-3,5-6,11H2,(H2,23,30)(H,27,29);5,8-11,13,16H,2-4,6-7,12H2,(H,27,29). The van der Waals surface area contributed by atoms with Gasteiger partial charge in [0.25, 0.3) is 31.8 Å². The highest BCUT2D eigenvalue weighted by atomic mass is 32.2.